The van der Waals surface area contributed by atoms with E-state index in [1.807, 2.05) is 20.8 Å². The molecule has 1 atom stereocenters. The van der Waals surface area contributed by atoms with Crippen LogP contribution < -0.4 is 10.6 Å². The highest BCUT2D eigenvalue weighted by Gasteiger charge is 2.15. The minimum absolute atomic E-state index is 0.0650. The standard InChI is InChI=1S/C14H27N5O2/c1-7-15-13(18-14(4,5)6)16-9-11-17-12(19-21-11)10(3)20-8-2/h10H,7-9H2,1-6H3,(H2,15,16,18). The second kappa shape index (κ2) is 7.97. The van der Waals surface area contributed by atoms with E-state index in [2.05, 4.69) is 46.5 Å². The maximum absolute atomic E-state index is 5.43. The van der Waals surface area contributed by atoms with Gasteiger partial charge in [0, 0.05) is 18.7 Å². The van der Waals surface area contributed by atoms with Gasteiger partial charge in [-0.05, 0) is 41.5 Å². The maximum Gasteiger partial charge on any atom is 0.248 e. The molecule has 1 rings (SSSR count). The number of nitrogens with zero attached hydrogens (tertiary/aromatic N) is 3. The molecule has 0 aliphatic rings. The van der Waals surface area contributed by atoms with Crippen LogP contribution in [-0.2, 0) is 11.3 Å². The molecule has 0 fully saturated rings. The number of guanidine groups is 1. The Morgan fingerprint density at radius 3 is 2.67 bits per heavy atom. The molecule has 1 aromatic heterocycles. The van der Waals surface area contributed by atoms with Gasteiger partial charge in [-0.2, -0.15) is 4.98 Å². The molecule has 2 N–H and O–H groups in total. The van der Waals surface area contributed by atoms with E-state index in [-0.39, 0.29) is 11.6 Å². The Morgan fingerprint density at radius 1 is 1.38 bits per heavy atom. The molecule has 0 aromatic carbocycles. The summed E-state index contributed by atoms with van der Waals surface area (Å²) in [5.74, 6) is 1.75. The third-order valence-electron chi connectivity index (χ3n) is 2.47. The first-order valence-electron chi connectivity index (χ1n) is 7.36. The molecule has 0 radical (unpaired) electrons. The third kappa shape index (κ3) is 6.57. The number of aliphatic imine (C=N–C) groups is 1. The molecule has 1 heterocycles. The van der Waals surface area contributed by atoms with E-state index in [0.717, 1.165) is 12.5 Å². The van der Waals surface area contributed by atoms with Crippen LogP contribution in [0.1, 0.15) is 59.4 Å². The smallest absolute Gasteiger partial charge is 0.248 e. The summed E-state index contributed by atoms with van der Waals surface area (Å²) in [4.78, 5) is 8.74. The minimum atomic E-state index is -0.169. The fraction of sp³-hybridized carbons (Fsp3) is 0.786. The number of aromatic nitrogens is 2. The zero-order valence-corrected chi connectivity index (χ0v) is 13.9. The van der Waals surface area contributed by atoms with Gasteiger partial charge in [-0.15, -0.1) is 0 Å². The highest BCUT2D eigenvalue weighted by atomic mass is 16.5. The van der Waals surface area contributed by atoms with Crippen LogP contribution in [0.2, 0.25) is 0 Å². The van der Waals surface area contributed by atoms with E-state index in [4.69, 9.17) is 9.26 Å². The second-order valence-electron chi connectivity index (χ2n) is 5.71. The number of hydrogen-bond acceptors (Lipinski definition) is 5. The van der Waals surface area contributed by atoms with Gasteiger partial charge in [0.25, 0.3) is 0 Å². The predicted molar refractivity (Wildman–Crippen MR) is 82.0 cm³/mol. The van der Waals surface area contributed by atoms with Crippen molar-refractivity contribution in [1.82, 2.24) is 20.8 Å². The average Bonchev–Trinajstić information content (AvgIpc) is 2.83. The van der Waals surface area contributed by atoms with Gasteiger partial charge in [0.2, 0.25) is 5.89 Å². The van der Waals surface area contributed by atoms with Crippen molar-refractivity contribution in [2.75, 3.05) is 13.2 Å². The van der Waals surface area contributed by atoms with E-state index >= 15 is 0 Å². The van der Waals surface area contributed by atoms with Crippen LogP contribution >= 0.6 is 0 Å². The van der Waals surface area contributed by atoms with Crippen molar-refractivity contribution in [2.45, 2.75) is 59.7 Å². The normalized spacial score (nSPS) is 14.1. The second-order valence-corrected chi connectivity index (χ2v) is 5.71. The molecule has 0 saturated heterocycles. The number of hydrogen-bond donors (Lipinski definition) is 2. The Hall–Kier alpha value is -1.63. The monoisotopic (exact) mass is 297 g/mol. The van der Waals surface area contributed by atoms with Crippen LogP contribution in [0, 0.1) is 0 Å². The van der Waals surface area contributed by atoms with E-state index in [0.29, 0.717) is 24.9 Å². The Kier molecular flexibility index (Phi) is 6.61. The summed E-state index contributed by atoms with van der Waals surface area (Å²) >= 11 is 0. The van der Waals surface area contributed by atoms with Crippen LogP contribution in [0.15, 0.2) is 9.52 Å². The summed E-state index contributed by atoms with van der Waals surface area (Å²) in [6.07, 6.45) is -0.169. The molecular weight excluding hydrogens is 270 g/mol. The van der Waals surface area contributed by atoms with Gasteiger partial charge in [0.05, 0.1) is 0 Å². The molecule has 1 aromatic rings. The van der Waals surface area contributed by atoms with Crippen molar-refractivity contribution in [3.8, 4) is 0 Å². The summed E-state index contributed by atoms with van der Waals surface area (Å²) in [5.41, 5.74) is -0.0650. The number of ether oxygens (including phenoxy) is 1. The SMILES string of the molecule is CCNC(=NCc1nc(C(C)OCC)no1)NC(C)(C)C. The Balaban J connectivity index is 2.67. The van der Waals surface area contributed by atoms with Gasteiger partial charge in [0.1, 0.15) is 12.6 Å². The highest BCUT2D eigenvalue weighted by molar-refractivity contribution is 5.80. The molecule has 7 nitrogen and oxygen atoms in total. The van der Waals surface area contributed by atoms with Gasteiger partial charge >= 0.3 is 0 Å². The lowest BCUT2D eigenvalue weighted by Crippen LogP contribution is -2.47. The first kappa shape index (κ1) is 17.4. The zero-order valence-electron chi connectivity index (χ0n) is 13.9. The van der Waals surface area contributed by atoms with Crippen molar-refractivity contribution in [3.05, 3.63) is 11.7 Å². The molecular formula is C14H27N5O2. The van der Waals surface area contributed by atoms with E-state index in [1.54, 1.807) is 0 Å². The summed E-state index contributed by atoms with van der Waals surface area (Å²) in [6, 6.07) is 0. The summed E-state index contributed by atoms with van der Waals surface area (Å²) in [7, 11) is 0. The van der Waals surface area contributed by atoms with E-state index < -0.39 is 0 Å². The van der Waals surface area contributed by atoms with Crippen molar-refractivity contribution in [2.24, 2.45) is 4.99 Å². The molecule has 0 spiro atoms. The largest absolute Gasteiger partial charge is 0.371 e. The first-order chi connectivity index (χ1) is 9.85. The fourth-order valence-corrected chi connectivity index (χ4v) is 1.63. The molecule has 21 heavy (non-hydrogen) atoms. The lowest BCUT2D eigenvalue weighted by molar-refractivity contribution is 0.0683. The fourth-order valence-electron chi connectivity index (χ4n) is 1.63. The zero-order chi connectivity index (χ0) is 15.9. The Morgan fingerprint density at radius 2 is 2.10 bits per heavy atom. The van der Waals surface area contributed by atoms with Crippen molar-refractivity contribution in [1.29, 1.82) is 0 Å². The van der Waals surface area contributed by atoms with Gasteiger partial charge in [-0.3, -0.25) is 0 Å². The topological polar surface area (TPSA) is 84.6 Å². The third-order valence-corrected chi connectivity index (χ3v) is 2.47. The van der Waals surface area contributed by atoms with Crippen LogP contribution in [0.5, 0.6) is 0 Å². The van der Waals surface area contributed by atoms with Crippen molar-refractivity contribution in [3.63, 3.8) is 0 Å². The van der Waals surface area contributed by atoms with Crippen LogP contribution in [-0.4, -0.2) is 34.8 Å². The van der Waals surface area contributed by atoms with Crippen LogP contribution in [0.3, 0.4) is 0 Å². The van der Waals surface area contributed by atoms with Gasteiger partial charge in [-0.1, -0.05) is 5.16 Å². The van der Waals surface area contributed by atoms with E-state index in [9.17, 15) is 0 Å². The quantitative estimate of drug-likeness (QED) is 0.617. The summed E-state index contributed by atoms with van der Waals surface area (Å²) in [5, 5.41) is 10.4. The number of nitrogens with one attached hydrogen (secondary N) is 2. The average molecular weight is 297 g/mol. The van der Waals surface area contributed by atoms with Gasteiger partial charge in [-0.25, -0.2) is 4.99 Å². The molecule has 0 aliphatic heterocycles. The lowest BCUT2D eigenvalue weighted by Gasteiger charge is -2.23. The van der Waals surface area contributed by atoms with Crippen molar-refractivity contribution < 1.29 is 9.26 Å². The maximum atomic E-state index is 5.43. The Labute approximate surface area is 126 Å². The highest BCUT2D eigenvalue weighted by Crippen LogP contribution is 2.13. The Bertz CT molecular complexity index is 450. The molecule has 0 saturated carbocycles. The van der Waals surface area contributed by atoms with Crippen LogP contribution in [0.25, 0.3) is 0 Å². The lowest BCUT2D eigenvalue weighted by atomic mass is 10.1. The molecule has 1 unspecified atom stereocenters. The van der Waals surface area contributed by atoms with Crippen molar-refractivity contribution >= 4 is 5.96 Å². The van der Waals surface area contributed by atoms with Crippen LogP contribution in [0.4, 0.5) is 0 Å². The predicted octanol–water partition coefficient (Wildman–Crippen LogP) is 2.02. The molecule has 0 amide bonds. The van der Waals surface area contributed by atoms with Gasteiger partial charge < -0.3 is 19.9 Å². The first-order valence-corrected chi connectivity index (χ1v) is 7.36. The number of rotatable bonds is 6. The molecule has 7 heteroatoms. The van der Waals surface area contributed by atoms with Gasteiger partial charge in [0.15, 0.2) is 11.8 Å². The molecule has 0 bridgehead atoms. The summed E-state index contributed by atoms with van der Waals surface area (Å²) < 4.78 is 10.6. The molecule has 0 aliphatic carbocycles. The molecule has 120 valence electrons. The minimum Gasteiger partial charge on any atom is -0.371 e. The summed E-state index contributed by atoms with van der Waals surface area (Å²) in [6.45, 7) is 13.8. The van der Waals surface area contributed by atoms with E-state index in [1.165, 1.54) is 0 Å².